The maximum Gasteiger partial charge on any atom is 0.306 e. The molecule has 0 saturated heterocycles. The number of Topliss-reactive ketones (excluding diaryl/α,β-unsaturated/α-hetero) is 1. The van der Waals surface area contributed by atoms with Gasteiger partial charge in [0.2, 0.25) is 11.5 Å². The van der Waals surface area contributed by atoms with Gasteiger partial charge in [-0.2, -0.15) is 0 Å². The van der Waals surface area contributed by atoms with Crippen molar-refractivity contribution in [3.8, 4) is 17.2 Å². The van der Waals surface area contributed by atoms with Crippen molar-refractivity contribution >= 4 is 23.4 Å². The Morgan fingerprint density at radius 1 is 0.964 bits per heavy atom. The predicted molar refractivity (Wildman–Crippen MR) is 106 cm³/mol. The van der Waals surface area contributed by atoms with Gasteiger partial charge in [-0.25, -0.2) is 0 Å². The molecule has 0 heterocycles. The molecule has 0 aliphatic rings. The Morgan fingerprint density at radius 3 is 2.04 bits per heavy atom. The van der Waals surface area contributed by atoms with E-state index in [9.17, 15) is 9.59 Å². The second-order valence-electron chi connectivity index (χ2n) is 6.04. The average Bonchev–Trinajstić information content (AvgIpc) is 2.71. The van der Waals surface area contributed by atoms with Crippen molar-refractivity contribution in [2.45, 2.75) is 25.9 Å². The zero-order chi connectivity index (χ0) is 20.7. The van der Waals surface area contributed by atoms with Crippen LogP contribution in [-0.4, -0.2) is 39.2 Å². The third-order valence-electron chi connectivity index (χ3n) is 4.15. The van der Waals surface area contributed by atoms with Crippen molar-refractivity contribution < 1.29 is 28.5 Å². The zero-order valence-electron chi connectivity index (χ0n) is 16.3. The Labute approximate surface area is 169 Å². The first-order chi connectivity index (χ1) is 13.4. The molecule has 0 saturated carbocycles. The lowest BCUT2D eigenvalue weighted by atomic mass is 10.1. The number of hydrogen-bond donors (Lipinski definition) is 0. The van der Waals surface area contributed by atoms with Gasteiger partial charge in [0.25, 0.3) is 0 Å². The number of esters is 1. The van der Waals surface area contributed by atoms with E-state index >= 15 is 0 Å². The van der Waals surface area contributed by atoms with Crippen LogP contribution in [-0.2, 0) is 16.0 Å². The first-order valence-electron chi connectivity index (χ1n) is 8.67. The highest BCUT2D eigenvalue weighted by atomic mass is 35.5. The first-order valence-corrected chi connectivity index (χ1v) is 9.05. The number of methoxy groups -OCH3 is 3. The second kappa shape index (κ2) is 9.99. The summed E-state index contributed by atoms with van der Waals surface area (Å²) in [7, 11) is 4.58. The summed E-state index contributed by atoms with van der Waals surface area (Å²) < 4.78 is 21.2. The average molecular weight is 407 g/mol. The van der Waals surface area contributed by atoms with Crippen LogP contribution < -0.4 is 14.2 Å². The van der Waals surface area contributed by atoms with Crippen LogP contribution in [0, 0.1) is 0 Å². The highest BCUT2D eigenvalue weighted by Gasteiger charge is 2.20. The number of halogens is 1. The topological polar surface area (TPSA) is 71.1 Å². The lowest BCUT2D eigenvalue weighted by molar-refractivity contribution is -0.146. The molecule has 0 amide bonds. The first kappa shape index (κ1) is 21.6. The molecule has 2 aromatic rings. The van der Waals surface area contributed by atoms with Crippen LogP contribution >= 0.6 is 11.6 Å². The monoisotopic (exact) mass is 406 g/mol. The number of ketones is 1. The predicted octanol–water partition coefficient (Wildman–Crippen LogP) is 4.11. The molecule has 0 radical (unpaired) electrons. The summed E-state index contributed by atoms with van der Waals surface area (Å²) >= 11 is 5.82. The summed E-state index contributed by atoms with van der Waals surface area (Å²) in [6.45, 7) is 1.55. The number of hydrogen-bond acceptors (Lipinski definition) is 6. The summed E-state index contributed by atoms with van der Waals surface area (Å²) in [5, 5.41) is 0.534. The molecule has 1 atom stereocenters. The van der Waals surface area contributed by atoms with E-state index in [1.165, 1.54) is 21.3 Å². The normalized spacial score (nSPS) is 11.5. The zero-order valence-corrected chi connectivity index (χ0v) is 17.0. The van der Waals surface area contributed by atoms with Crippen LogP contribution in [0.25, 0.3) is 0 Å². The molecule has 0 aliphatic carbocycles. The third-order valence-corrected chi connectivity index (χ3v) is 4.40. The minimum atomic E-state index is -0.881. The quantitative estimate of drug-likeness (QED) is 0.461. The molecule has 0 bridgehead atoms. The molecule has 150 valence electrons. The van der Waals surface area contributed by atoms with E-state index in [-0.39, 0.29) is 12.2 Å². The van der Waals surface area contributed by atoms with E-state index in [0.717, 1.165) is 5.56 Å². The van der Waals surface area contributed by atoms with Crippen LogP contribution in [0.2, 0.25) is 5.02 Å². The Balaban J connectivity index is 1.98. The van der Waals surface area contributed by atoms with Gasteiger partial charge in [0, 0.05) is 17.0 Å². The molecule has 7 heteroatoms. The van der Waals surface area contributed by atoms with E-state index in [1.54, 1.807) is 43.3 Å². The Morgan fingerprint density at radius 2 is 1.54 bits per heavy atom. The van der Waals surface area contributed by atoms with Gasteiger partial charge in [0.15, 0.2) is 17.6 Å². The second-order valence-corrected chi connectivity index (χ2v) is 6.47. The van der Waals surface area contributed by atoms with E-state index in [0.29, 0.717) is 34.3 Å². The van der Waals surface area contributed by atoms with Gasteiger partial charge in [-0.3, -0.25) is 9.59 Å². The van der Waals surface area contributed by atoms with Crippen molar-refractivity contribution in [1.29, 1.82) is 0 Å². The molecule has 2 rings (SSSR count). The fourth-order valence-corrected chi connectivity index (χ4v) is 2.81. The number of carbonyl (C=O) groups is 2. The van der Waals surface area contributed by atoms with Gasteiger partial charge in [0.05, 0.1) is 21.3 Å². The van der Waals surface area contributed by atoms with Crippen LogP contribution in [0.1, 0.15) is 29.3 Å². The maximum absolute atomic E-state index is 12.3. The van der Waals surface area contributed by atoms with Gasteiger partial charge in [-0.15, -0.1) is 0 Å². The number of rotatable bonds is 9. The Bertz CT molecular complexity index is 806. The number of benzene rings is 2. The fourth-order valence-electron chi connectivity index (χ4n) is 2.68. The molecule has 0 spiro atoms. The van der Waals surface area contributed by atoms with Gasteiger partial charge in [-0.1, -0.05) is 11.6 Å². The summed E-state index contributed by atoms with van der Waals surface area (Å²) in [5.74, 6) is 0.757. The van der Waals surface area contributed by atoms with E-state index < -0.39 is 12.1 Å². The third kappa shape index (κ3) is 5.39. The number of aryl methyl sites for hydroxylation is 1. The molecule has 2 aromatic carbocycles. The molecule has 0 N–H and O–H groups in total. The highest BCUT2D eigenvalue weighted by Crippen LogP contribution is 2.38. The van der Waals surface area contributed by atoms with Gasteiger partial charge in [0.1, 0.15) is 0 Å². The van der Waals surface area contributed by atoms with Gasteiger partial charge in [-0.05, 0) is 55.3 Å². The van der Waals surface area contributed by atoms with Crippen LogP contribution in [0.4, 0.5) is 0 Å². The fraction of sp³-hybridized carbons (Fsp3) is 0.333. The standard InChI is InChI=1S/C21H23ClO6/c1-13(20(24)15-6-8-16(22)9-7-15)28-19(23)10-5-14-11-17(25-2)21(27-4)18(12-14)26-3/h6-9,11-13H,5,10H2,1-4H3/t13-/m1/s1. The van der Waals surface area contributed by atoms with Gasteiger partial charge >= 0.3 is 5.97 Å². The lowest BCUT2D eigenvalue weighted by Crippen LogP contribution is -2.24. The molecule has 0 aliphatic heterocycles. The molecule has 0 aromatic heterocycles. The molecule has 28 heavy (non-hydrogen) atoms. The van der Waals surface area contributed by atoms with Crippen LogP contribution in [0.3, 0.4) is 0 Å². The van der Waals surface area contributed by atoms with Crippen LogP contribution in [0.5, 0.6) is 17.2 Å². The van der Waals surface area contributed by atoms with Crippen molar-refractivity contribution in [2.75, 3.05) is 21.3 Å². The number of ether oxygens (including phenoxy) is 4. The molecule has 0 fully saturated rings. The van der Waals surface area contributed by atoms with E-state index in [1.807, 2.05) is 0 Å². The van der Waals surface area contributed by atoms with Crippen molar-refractivity contribution in [3.05, 3.63) is 52.5 Å². The van der Waals surface area contributed by atoms with Crippen molar-refractivity contribution in [3.63, 3.8) is 0 Å². The van der Waals surface area contributed by atoms with Crippen molar-refractivity contribution in [2.24, 2.45) is 0 Å². The smallest absolute Gasteiger partial charge is 0.306 e. The minimum Gasteiger partial charge on any atom is -0.493 e. The number of carbonyl (C=O) groups excluding carboxylic acids is 2. The summed E-state index contributed by atoms with van der Waals surface area (Å²) in [6, 6.07) is 9.99. The van der Waals surface area contributed by atoms with Crippen LogP contribution in [0.15, 0.2) is 36.4 Å². The Hall–Kier alpha value is -2.73. The molecular weight excluding hydrogens is 384 g/mol. The lowest BCUT2D eigenvalue weighted by Gasteiger charge is -2.15. The molecular formula is C21H23ClO6. The van der Waals surface area contributed by atoms with E-state index in [4.69, 9.17) is 30.5 Å². The summed E-state index contributed by atoms with van der Waals surface area (Å²) in [6.07, 6.45) is -0.373. The molecule has 0 unspecified atom stereocenters. The maximum atomic E-state index is 12.3. The Kier molecular flexibility index (Phi) is 7.70. The van der Waals surface area contributed by atoms with Gasteiger partial charge < -0.3 is 18.9 Å². The van der Waals surface area contributed by atoms with E-state index in [2.05, 4.69) is 0 Å². The largest absolute Gasteiger partial charge is 0.493 e. The minimum absolute atomic E-state index is 0.108. The summed E-state index contributed by atoms with van der Waals surface area (Å²) in [4.78, 5) is 24.5. The van der Waals surface area contributed by atoms with Crippen molar-refractivity contribution in [1.82, 2.24) is 0 Å². The summed E-state index contributed by atoms with van der Waals surface area (Å²) in [5.41, 5.74) is 1.26. The highest BCUT2D eigenvalue weighted by molar-refractivity contribution is 6.30. The SMILES string of the molecule is COc1cc(CCC(=O)O[C@H](C)C(=O)c2ccc(Cl)cc2)cc(OC)c1OC. The molecule has 6 nitrogen and oxygen atoms in total.